The van der Waals surface area contributed by atoms with Crippen LogP contribution in [0.3, 0.4) is 0 Å². The largest absolute Gasteiger partial charge is 0.454 e. The SMILES string of the molecule is O=C(OCc1ccc2c(c1)OCO2)C(=C1NCCCS1)[N+](=O)[O-]. The molecule has 8 nitrogen and oxygen atoms in total. The normalized spacial score (nSPS) is 18.1. The highest BCUT2D eigenvalue weighted by Gasteiger charge is 2.31. The Labute approximate surface area is 135 Å². The second-order valence-electron chi connectivity index (χ2n) is 4.83. The fraction of sp³-hybridized carbons (Fsp3) is 0.357. The molecule has 0 unspecified atom stereocenters. The zero-order valence-electron chi connectivity index (χ0n) is 12.1. The van der Waals surface area contributed by atoms with Crippen LogP contribution in [0.15, 0.2) is 28.9 Å². The second kappa shape index (κ2) is 6.78. The van der Waals surface area contributed by atoms with E-state index in [4.69, 9.17) is 14.2 Å². The van der Waals surface area contributed by atoms with Gasteiger partial charge in [0.15, 0.2) is 16.5 Å². The van der Waals surface area contributed by atoms with E-state index >= 15 is 0 Å². The monoisotopic (exact) mass is 338 g/mol. The Morgan fingerprint density at radius 1 is 1.39 bits per heavy atom. The van der Waals surface area contributed by atoms with E-state index in [1.807, 2.05) is 0 Å². The maximum absolute atomic E-state index is 12.1. The van der Waals surface area contributed by atoms with Crippen LogP contribution in [0, 0.1) is 10.1 Å². The van der Waals surface area contributed by atoms with E-state index in [9.17, 15) is 14.9 Å². The van der Waals surface area contributed by atoms with Crippen molar-refractivity contribution in [1.82, 2.24) is 5.32 Å². The molecule has 1 fully saturated rings. The third-order valence-corrected chi connectivity index (χ3v) is 4.37. The Morgan fingerprint density at radius 2 is 2.22 bits per heavy atom. The lowest BCUT2D eigenvalue weighted by Gasteiger charge is -2.15. The van der Waals surface area contributed by atoms with E-state index in [1.54, 1.807) is 18.2 Å². The lowest BCUT2D eigenvalue weighted by Crippen LogP contribution is -2.26. The third-order valence-electron chi connectivity index (χ3n) is 3.25. The highest BCUT2D eigenvalue weighted by molar-refractivity contribution is 8.03. The Kier molecular flexibility index (Phi) is 4.56. The molecule has 23 heavy (non-hydrogen) atoms. The minimum atomic E-state index is -0.954. The number of esters is 1. The van der Waals surface area contributed by atoms with E-state index in [0.717, 1.165) is 12.2 Å². The smallest absolute Gasteiger partial charge is 0.413 e. The molecule has 1 N–H and O–H groups in total. The molecule has 9 heteroatoms. The van der Waals surface area contributed by atoms with Crippen LogP contribution < -0.4 is 14.8 Å². The number of hydrogen-bond donors (Lipinski definition) is 1. The van der Waals surface area contributed by atoms with Crippen LogP contribution in [-0.2, 0) is 16.1 Å². The number of carbonyl (C=O) groups is 1. The first-order chi connectivity index (χ1) is 11.1. The molecule has 0 atom stereocenters. The predicted molar refractivity (Wildman–Crippen MR) is 81.5 cm³/mol. The van der Waals surface area contributed by atoms with Gasteiger partial charge in [-0.05, 0) is 24.1 Å². The zero-order chi connectivity index (χ0) is 16.2. The molecule has 1 saturated heterocycles. The molecule has 0 aromatic heterocycles. The number of thioether (sulfide) groups is 1. The van der Waals surface area contributed by atoms with E-state index in [-0.39, 0.29) is 18.4 Å². The molecule has 0 aliphatic carbocycles. The van der Waals surface area contributed by atoms with Crippen molar-refractivity contribution in [3.8, 4) is 11.5 Å². The van der Waals surface area contributed by atoms with Crippen molar-refractivity contribution in [3.05, 3.63) is 44.6 Å². The number of nitro groups is 1. The molecule has 2 heterocycles. The van der Waals surface area contributed by atoms with Gasteiger partial charge < -0.3 is 19.5 Å². The van der Waals surface area contributed by atoms with Gasteiger partial charge in [-0.3, -0.25) is 10.1 Å². The van der Waals surface area contributed by atoms with Gasteiger partial charge in [0.05, 0.1) is 4.92 Å². The average molecular weight is 338 g/mol. The van der Waals surface area contributed by atoms with E-state index in [1.165, 1.54) is 11.8 Å². The highest BCUT2D eigenvalue weighted by Crippen LogP contribution is 2.32. The molecule has 2 aliphatic heterocycles. The Hall–Kier alpha value is -2.42. The molecule has 0 spiro atoms. The van der Waals surface area contributed by atoms with Crippen LogP contribution >= 0.6 is 11.8 Å². The Balaban J connectivity index is 1.69. The van der Waals surface area contributed by atoms with Gasteiger partial charge >= 0.3 is 11.7 Å². The molecule has 122 valence electrons. The molecule has 3 rings (SSSR count). The van der Waals surface area contributed by atoms with Gasteiger partial charge in [-0.25, -0.2) is 4.79 Å². The topological polar surface area (TPSA) is 99.9 Å². The molecule has 0 bridgehead atoms. The summed E-state index contributed by atoms with van der Waals surface area (Å²) >= 11 is 1.26. The van der Waals surface area contributed by atoms with Crippen molar-refractivity contribution < 1.29 is 23.9 Å². The standard InChI is InChI=1S/C14H14N2O6S/c17-14(12(16(18)19)13-15-4-1-5-23-13)20-7-9-2-3-10-11(6-9)22-8-21-10/h2-3,6,15H,1,4-5,7-8H2. The lowest BCUT2D eigenvalue weighted by molar-refractivity contribution is -0.422. The summed E-state index contributed by atoms with van der Waals surface area (Å²) in [7, 11) is 0. The van der Waals surface area contributed by atoms with Crippen molar-refractivity contribution in [2.75, 3.05) is 19.1 Å². The number of nitrogens with zero attached hydrogens (tertiary/aromatic N) is 1. The molecule has 1 aromatic rings. The summed E-state index contributed by atoms with van der Waals surface area (Å²) in [6.07, 6.45) is 0.894. The molecule has 1 aromatic carbocycles. The molecular weight excluding hydrogens is 324 g/mol. The first kappa shape index (κ1) is 15.5. The number of hydrogen-bond acceptors (Lipinski definition) is 8. The summed E-state index contributed by atoms with van der Waals surface area (Å²) in [4.78, 5) is 22.5. The number of fused-ring (bicyclic) bond motifs is 1. The number of carbonyl (C=O) groups excluding carboxylic acids is 1. The summed E-state index contributed by atoms with van der Waals surface area (Å²) in [6, 6.07) is 5.10. The molecular formula is C14H14N2O6S. The lowest BCUT2D eigenvalue weighted by atomic mass is 10.2. The number of nitrogens with one attached hydrogen (secondary N) is 1. The van der Waals surface area contributed by atoms with Crippen molar-refractivity contribution >= 4 is 17.7 Å². The Morgan fingerprint density at radius 3 is 2.96 bits per heavy atom. The fourth-order valence-electron chi connectivity index (χ4n) is 2.15. The van der Waals surface area contributed by atoms with Crippen LogP contribution in [0.4, 0.5) is 0 Å². The van der Waals surface area contributed by atoms with Crippen molar-refractivity contribution in [2.45, 2.75) is 13.0 Å². The van der Waals surface area contributed by atoms with Gasteiger partial charge in [0.25, 0.3) is 0 Å². The van der Waals surface area contributed by atoms with Crippen LogP contribution in [0.1, 0.15) is 12.0 Å². The van der Waals surface area contributed by atoms with Crippen molar-refractivity contribution in [1.29, 1.82) is 0 Å². The molecule has 0 saturated carbocycles. The quantitative estimate of drug-likeness (QED) is 0.383. The van der Waals surface area contributed by atoms with Crippen LogP contribution in [0.5, 0.6) is 11.5 Å². The van der Waals surface area contributed by atoms with Gasteiger partial charge in [-0.2, -0.15) is 0 Å². The van der Waals surface area contributed by atoms with Gasteiger partial charge in [0.2, 0.25) is 6.79 Å². The van der Waals surface area contributed by atoms with Gasteiger partial charge in [-0.1, -0.05) is 6.07 Å². The molecule has 2 aliphatic rings. The minimum Gasteiger partial charge on any atom is -0.454 e. The first-order valence-corrected chi connectivity index (χ1v) is 7.94. The Bertz CT molecular complexity index is 667. The minimum absolute atomic E-state index is 0.0786. The van der Waals surface area contributed by atoms with E-state index in [0.29, 0.717) is 23.6 Å². The summed E-state index contributed by atoms with van der Waals surface area (Å²) < 4.78 is 15.5. The number of benzene rings is 1. The highest BCUT2D eigenvalue weighted by atomic mass is 32.2. The summed E-state index contributed by atoms with van der Waals surface area (Å²) in [5, 5.41) is 14.3. The fourth-order valence-corrected chi connectivity index (χ4v) is 3.14. The summed E-state index contributed by atoms with van der Waals surface area (Å²) in [6.45, 7) is 0.679. The molecule has 0 radical (unpaired) electrons. The van der Waals surface area contributed by atoms with Gasteiger partial charge in [0, 0.05) is 12.3 Å². The van der Waals surface area contributed by atoms with Gasteiger partial charge in [-0.15, -0.1) is 11.8 Å². The van der Waals surface area contributed by atoms with Crippen molar-refractivity contribution in [3.63, 3.8) is 0 Å². The van der Waals surface area contributed by atoms with Crippen LogP contribution in [0.25, 0.3) is 0 Å². The number of rotatable bonds is 4. The van der Waals surface area contributed by atoms with E-state index < -0.39 is 16.6 Å². The summed E-state index contributed by atoms with van der Waals surface area (Å²) in [5.41, 5.74) is 0.120. The van der Waals surface area contributed by atoms with E-state index in [2.05, 4.69) is 5.32 Å². The molecule has 0 amide bonds. The van der Waals surface area contributed by atoms with Crippen LogP contribution in [-0.4, -0.2) is 30.0 Å². The summed E-state index contributed by atoms with van der Waals surface area (Å²) in [5.74, 6) is 0.964. The second-order valence-corrected chi connectivity index (χ2v) is 5.93. The average Bonchev–Trinajstić information content (AvgIpc) is 3.01. The van der Waals surface area contributed by atoms with Gasteiger partial charge in [0.1, 0.15) is 6.61 Å². The third kappa shape index (κ3) is 3.50. The zero-order valence-corrected chi connectivity index (χ0v) is 12.9. The predicted octanol–water partition coefficient (Wildman–Crippen LogP) is 1.63. The van der Waals surface area contributed by atoms with Crippen LogP contribution in [0.2, 0.25) is 0 Å². The maximum Gasteiger partial charge on any atom is 0.413 e. The maximum atomic E-state index is 12.1. The van der Waals surface area contributed by atoms with Crippen molar-refractivity contribution in [2.24, 2.45) is 0 Å². The number of ether oxygens (including phenoxy) is 3. The first-order valence-electron chi connectivity index (χ1n) is 6.96.